The third-order valence-electron chi connectivity index (χ3n) is 5.65. The molecule has 0 radical (unpaired) electrons. The number of ether oxygens (including phenoxy) is 2. The van der Waals surface area contributed by atoms with Gasteiger partial charge in [-0.1, -0.05) is 6.07 Å². The lowest BCUT2D eigenvalue weighted by atomic mass is 9.98. The lowest BCUT2D eigenvalue weighted by Gasteiger charge is -2.28. The molecule has 3 aromatic rings. The van der Waals surface area contributed by atoms with Gasteiger partial charge in [-0.15, -0.1) is 0 Å². The number of halogens is 2. The van der Waals surface area contributed by atoms with Crippen molar-refractivity contribution in [1.29, 1.82) is 0 Å². The number of nitrogens with two attached hydrogens (primary N) is 1. The predicted molar refractivity (Wildman–Crippen MR) is 123 cm³/mol. The minimum Gasteiger partial charge on any atom is -0.493 e. The molecule has 1 fully saturated rings. The Kier molecular flexibility index (Phi) is 6.83. The summed E-state index contributed by atoms with van der Waals surface area (Å²) in [5.41, 5.74) is 6.08. The number of hydrogen-bond acceptors (Lipinski definition) is 6. The molecule has 0 spiro atoms. The molecule has 1 aromatic heterocycles. The van der Waals surface area contributed by atoms with Crippen LogP contribution in [0.15, 0.2) is 41.7 Å². The molecule has 0 atom stereocenters. The first kappa shape index (κ1) is 22.7. The fourth-order valence-corrected chi connectivity index (χ4v) is 3.74. The number of benzene rings is 2. The van der Waals surface area contributed by atoms with Crippen molar-refractivity contribution in [1.82, 2.24) is 14.9 Å². The lowest BCUT2D eigenvalue weighted by molar-refractivity contribution is 0.157. The second kappa shape index (κ2) is 9.95. The molecule has 0 bridgehead atoms. The van der Waals surface area contributed by atoms with Gasteiger partial charge in [0.1, 0.15) is 23.6 Å². The number of anilines is 1. The zero-order valence-electron chi connectivity index (χ0n) is 18.5. The molecule has 1 aliphatic rings. The van der Waals surface area contributed by atoms with Crippen LogP contribution in [0.5, 0.6) is 11.5 Å². The van der Waals surface area contributed by atoms with Crippen LogP contribution in [0.1, 0.15) is 12.8 Å². The van der Waals surface area contributed by atoms with Crippen LogP contribution in [0.2, 0.25) is 0 Å². The second-order valence-corrected chi connectivity index (χ2v) is 7.99. The molecule has 33 heavy (non-hydrogen) atoms. The second-order valence-electron chi connectivity index (χ2n) is 7.99. The van der Waals surface area contributed by atoms with Crippen LogP contribution in [0.25, 0.3) is 10.9 Å². The summed E-state index contributed by atoms with van der Waals surface area (Å²) in [5.74, 6) is 0.00672. The average molecular weight is 456 g/mol. The number of rotatable bonds is 6. The van der Waals surface area contributed by atoms with E-state index in [1.165, 1.54) is 12.4 Å². The van der Waals surface area contributed by atoms with Crippen molar-refractivity contribution in [2.75, 3.05) is 39.2 Å². The predicted octanol–water partition coefficient (Wildman–Crippen LogP) is 3.70. The van der Waals surface area contributed by atoms with E-state index >= 15 is 0 Å². The average Bonchev–Trinajstić information content (AvgIpc) is 2.81. The molecule has 8 nitrogen and oxygen atoms in total. The summed E-state index contributed by atoms with van der Waals surface area (Å²) in [5, 5.41) is 3.00. The summed E-state index contributed by atoms with van der Waals surface area (Å²) in [6.45, 7) is 2.71. The smallest absolute Gasteiger partial charge is 0.200 e. The number of fused-ring (bicyclic) bond motifs is 1. The largest absolute Gasteiger partial charge is 0.493 e. The number of methoxy groups -OCH3 is 1. The standard InChI is InChI=1S/C23H26F2N6O2/c1-31-8-6-14(7-9-31)12-33-20-11-18-15(10-19(20)32-2)22(28-13-27-18)30-23(26)29-21-16(24)4-3-5-17(21)25/h3-5,10-11,13-14H,6-9,12H2,1-2H3,(H3,26,27,28,29,30). The van der Waals surface area contributed by atoms with Crippen LogP contribution in [-0.2, 0) is 0 Å². The highest BCUT2D eigenvalue weighted by Gasteiger charge is 2.19. The Morgan fingerprint density at radius 1 is 1.18 bits per heavy atom. The van der Waals surface area contributed by atoms with Crippen LogP contribution in [0.4, 0.5) is 20.3 Å². The van der Waals surface area contributed by atoms with E-state index in [4.69, 9.17) is 15.2 Å². The summed E-state index contributed by atoms with van der Waals surface area (Å²) >= 11 is 0. The van der Waals surface area contributed by atoms with Gasteiger partial charge in [-0.05, 0) is 57.1 Å². The first-order valence-electron chi connectivity index (χ1n) is 10.6. The minimum absolute atomic E-state index is 0.222. The zero-order chi connectivity index (χ0) is 23.4. The summed E-state index contributed by atoms with van der Waals surface area (Å²) < 4.78 is 39.4. The molecule has 0 unspecified atom stereocenters. The van der Waals surface area contributed by atoms with E-state index in [9.17, 15) is 8.78 Å². The van der Waals surface area contributed by atoms with Crippen LogP contribution in [-0.4, -0.2) is 54.7 Å². The highest BCUT2D eigenvalue weighted by molar-refractivity contribution is 5.98. The number of aromatic nitrogens is 2. The Morgan fingerprint density at radius 2 is 1.91 bits per heavy atom. The summed E-state index contributed by atoms with van der Waals surface area (Å²) in [6, 6.07) is 6.99. The number of aliphatic imine (C=N–C) groups is 1. The van der Waals surface area contributed by atoms with Gasteiger partial charge in [-0.2, -0.15) is 4.99 Å². The maximum absolute atomic E-state index is 13.9. The first-order chi connectivity index (χ1) is 15.9. The van der Waals surface area contributed by atoms with Crippen molar-refractivity contribution in [3.63, 3.8) is 0 Å². The Hall–Kier alpha value is -3.53. The SMILES string of the molecule is COc1cc2c(N=C(N)Nc3c(F)cccc3F)ncnc2cc1OCC1CCN(C)CC1. The molecular weight excluding hydrogens is 430 g/mol. The molecule has 1 aliphatic heterocycles. The summed E-state index contributed by atoms with van der Waals surface area (Å²) in [7, 11) is 3.67. The third-order valence-corrected chi connectivity index (χ3v) is 5.65. The van der Waals surface area contributed by atoms with Crippen molar-refractivity contribution < 1.29 is 18.3 Å². The van der Waals surface area contributed by atoms with Crippen molar-refractivity contribution in [2.45, 2.75) is 12.8 Å². The fourth-order valence-electron chi connectivity index (χ4n) is 3.74. The molecule has 174 valence electrons. The Labute approximate surface area is 190 Å². The molecule has 0 saturated carbocycles. The van der Waals surface area contributed by atoms with Gasteiger partial charge in [0, 0.05) is 11.5 Å². The van der Waals surface area contributed by atoms with E-state index in [1.54, 1.807) is 19.2 Å². The van der Waals surface area contributed by atoms with E-state index in [2.05, 4.69) is 32.2 Å². The van der Waals surface area contributed by atoms with E-state index in [0.29, 0.717) is 34.9 Å². The van der Waals surface area contributed by atoms with E-state index < -0.39 is 11.6 Å². The van der Waals surface area contributed by atoms with Crippen molar-refractivity contribution in [3.8, 4) is 11.5 Å². The van der Waals surface area contributed by atoms with Crippen LogP contribution < -0.4 is 20.5 Å². The molecule has 0 aliphatic carbocycles. The van der Waals surface area contributed by atoms with Gasteiger partial charge in [-0.25, -0.2) is 18.7 Å². The maximum atomic E-state index is 13.9. The van der Waals surface area contributed by atoms with Gasteiger partial charge >= 0.3 is 0 Å². The highest BCUT2D eigenvalue weighted by atomic mass is 19.1. The summed E-state index contributed by atoms with van der Waals surface area (Å²) in [4.78, 5) is 15.0. The van der Waals surface area contributed by atoms with Crippen LogP contribution in [0.3, 0.4) is 0 Å². The molecular formula is C23H26F2N6O2. The van der Waals surface area contributed by atoms with Gasteiger partial charge in [0.25, 0.3) is 0 Å². The van der Waals surface area contributed by atoms with Crippen LogP contribution >= 0.6 is 0 Å². The van der Waals surface area contributed by atoms with E-state index in [-0.39, 0.29) is 17.5 Å². The van der Waals surface area contributed by atoms with Gasteiger partial charge in [0.05, 0.1) is 19.2 Å². The number of hydrogen-bond donors (Lipinski definition) is 2. The molecule has 10 heteroatoms. The Morgan fingerprint density at radius 3 is 2.61 bits per heavy atom. The maximum Gasteiger partial charge on any atom is 0.200 e. The van der Waals surface area contributed by atoms with Crippen molar-refractivity contribution in [3.05, 3.63) is 48.3 Å². The third kappa shape index (κ3) is 5.28. The molecule has 1 saturated heterocycles. The molecule has 3 N–H and O–H groups in total. The van der Waals surface area contributed by atoms with Crippen molar-refractivity contribution in [2.24, 2.45) is 16.6 Å². The first-order valence-corrected chi connectivity index (χ1v) is 10.6. The monoisotopic (exact) mass is 456 g/mol. The lowest BCUT2D eigenvalue weighted by Crippen LogP contribution is -2.32. The minimum atomic E-state index is -0.784. The number of piperidine rings is 1. The quantitative estimate of drug-likeness (QED) is 0.431. The van der Waals surface area contributed by atoms with Gasteiger partial charge in [0.15, 0.2) is 23.3 Å². The number of nitrogens with zero attached hydrogens (tertiary/aromatic N) is 4. The van der Waals surface area contributed by atoms with Gasteiger partial charge in [-0.3, -0.25) is 0 Å². The molecule has 2 heterocycles. The molecule has 4 rings (SSSR count). The fraction of sp³-hybridized carbons (Fsp3) is 0.348. The number of likely N-dealkylation sites (tertiary alicyclic amines) is 1. The van der Waals surface area contributed by atoms with Crippen molar-refractivity contribution >= 4 is 28.4 Å². The Bertz CT molecular complexity index is 1140. The number of para-hydroxylation sites is 1. The van der Waals surface area contributed by atoms with E-state index in [1.807, 2.05) is 0 Å². The number of guanidine groups is 1. The highest BCUT2D eigenvalue weighted by Crippen LogP contribution is 2.35. The summed E-state index contributed by atoms with van der Waals surface area (Å²) in [6.07, 6.45) is 3.51. The normalized spacial score (nSPS) is 15.6. The topological polar surface area (TPSA) is 97.9 Å². The molecule has 0 amide bonds. The zero-order valence-corrected chi connectivity index (χ0v) is 18.5. The Balaban J connectivity index is 1.58. The van der Waals surface area contributed by atoms with Gasteiger partial charge < -0.3 is 25.4 Å². The number of nitrogens with one attached hydrogen (secondary N) is 1. The molecule has 2 aromatic carbocycles. The van der Waals surface area contributed by atoms with Crippen LogP contribution in [0, 0.1) is 17.6 Å². The van der Waals surface area contributed by atoms with E-state index in [0.717, 1.165) is 38.1 Å². The van der Waals surface area contributed by atoms with Gasteiger partial charge in [0.2, 0.25) is 0 Å².